The van der Waals surface area contributed by atoms with Crippen molar-refractivity contribution in [1.82, 2.24) is 0 Å². The molecule has 0 saturated carbocycles. The first-order valence-electron chi connectivity index (χ1n) is 21.5. The molecule has 0 spiro atoms. The molecule has 4 unspecified atom stereocenters. The van der Waals surface area contributed by atoms with E-state index in [2.05, 4.69) is 183 Å². The third-order valence-electron chi connectivity index (χ3n) is 14.5. The standard InChI is InChI=1S/2C21H23.C12H9Si.2ClH.Zr/c2*1-5-14(2)18-12-17-11-10-16(4)21(20(17)13-18)19-9-7-6-8-15(19)3;1-3-7-11-9(5-1)10-6-2-4-8-12(10)13-11;;;/h2*6-14H,5H2,1-4H3;1-7H,13H2;2*1H;/q;;;;;+2/p-2. The van der Waals surface area contributed by atoms with Gasteiger partial charge in [0.25, 0.3) is 0 Å². The predicted molar refractivity (Wildman–Crippen MR) is 254 cm³/mol. The van der Waals surface area contributed by atoms with Gasteiger partial charge in [-0.3, -0.25) is 0 Å². The Morgan fingerprint density at radius 1 is 0.517 bits per heavy atom. The van der Waals surface area contributed by atoms with Gasteiger partial charge in [-0.05, 0) is 0 Å². The van der Waals surface area contributed by atoms with Gasteiger partial charge in [0.2, 0.25) is 0 Å². The molecule has 0 nitrogen and oxygen atoms in total. The van der Waals surface area contributed by atoms with Crippen LogP contribution >= 0.6 is 17.0 Å². The molecule has 3 aliphatic rings. The summed E-state index contributed by atoms with van der Waals surface area (Å²) >= 11 is -5.70. The van der Waals surface area contributed by atoms with Crippen molar-refractivity contribution in [2.45, 2.75) is 75.5 Å². The second kappa shape index (κ2) is 14.9. The molecule has 6 aromatic carbocycles. The summed E-state index contributed by atoms with van der Waals surface area (Å²) in [5.74, 6) is 0.605. The molecule has 1 aliphatic heterocycles. The van der Waals surface area contributed by atoms with Crippen LogP contribution in [-0.4, -0.2) is 9.52 Å². The van der Waals surface area contributed by atoms with E-state index in [9.17, 15) is 17.0 Å². The first kappa shape index (κ1) is 39.9. The molecule has 6 aromatic rings. The molecule has 0 aromatic heterocycles. The van der Waals surface area contributed by atoms with Crippen molar-refractivity contribution >= 4 is 52.3 Å². The number of hydrogen-bond acceptors (Lipinski definition) is 0. The molecule has 4 atom stereocenters. The number of hydrogen-bond donors (Lipinski definition) is 0. The van der Waals surface area contributed by atoms with Crippen LogP contribution in [0.4, 0.5) is 0 Å². The molecule has 0 radical (unpaired) electrons. The van der Waals surface area contributed by atoms with E-state index >= 15 is 0 Å². The van der Waals surface area contributed by atoms with Crippen LogP contribution in [-0.2, 0) is 16.4 Å². The second-order valence-corrected chi connectivity index (χ2v) is 40.2. The Labute approximate surface area is 357 Å². The van der Waals surface area contributed by atoms with Crippen molar-refractivity contribution < 1.29 is 16.4 Å². The number of fused-ring (bicyclic) bond motifs is 5. The fraction of sp³-hybridized carbons (Fsp3) is 0.259. The fourth-order valence-corrected chi connectivity index (χ4v) is 39.2. The average Bonchev–Trinajstić information content (AvgIpc) is 3.94. The zero-order valence-electron chi connectivity index (χ0n) is 35.3. The Hall–Kier alpha value is -3.52. The maximum absolute atomic E-state index is 9.46. The number of halogens is 2. The van der Waals surface area contributed by atoms with E-state index in [0.29, 0.717) is 11.8 Å². The van der Waals surface area contributed by atoms with Gasteiger partial charge in [-0.15, -0.1) is 0 Å². The predicted octanol–water partition coefficient (Wildman–Crippen LogP) is 13.3. The van der Waals surface area contributed by atoms with E-state index in [1.54, 1.807) is 0 Å². The Kier molecular flexibility index (Phi) is 10.2. The molecule has 0 N–H and O–H groups in total. The molecule has 0 amide bonds. The molecule has 1 heterocycles. The summed E-state index contributed by atoms with van der Waals surface area (Å²) < 4.78 is 1.10. The number of rotatable bonds is 9. The molecule has 9 rings (SSSR count). The molecule has 58 heavy (non-hydrogen) atoms. The summed E-state index contributed by atoms with van der Waals surface area (Å²) in [5.41, 5.74) is 21.3. The fourth-order valence-electron chi connectivity index (χ4n) is 11.2. The van der Waals surface area contributed by atoms with E-state index < -0.39 is 25.9 Å². The minimum atomic E-state index is -5.70. The van der Waals surface area contributed by atoms with E-state index in [-0.39, 0.29) is 7.25 Å². The van der Waals surface area contributed by atoms with E-state index in [1.165, 1.54) is 103 Å². The van der Waals surface area contributed by atoms with Gasteiger partial charge in [0.05, 0.1) is 0 Å². The summed E-state index contributed by atoms with van der Waals surface area (Å²) in [5, 5.41) is 2.98. The van der Waals surface area contributed by atoms with Crippen molar-refractivity contribution in [3.8, 4) is 33.4 Å². The first-order chi connectivity index (χ1) is 27.9. The third-order valence-corrected chi connectivity index (χ3v) is 37.1. The van der Waals surface area contributed by atoms with Crippen molar-refractivity contribution in [3.05, 3.63) is 171 Å². The molecule has 0 bridgehead atoms. The van der Waals surface area contributed by atoms with Crippen LogP contribution in [0.2, 0.25) is 0 Å². The van der Waals surface area contributed by atoms with Crippen molar-refractivity contribution in [1.29, 1.82) is 0 Å². The molecule has 0 saturated heterocycles. The van der Waals surface area contributed by atoms with Crippen LogP contribution in [0.5, 0.6) is 0 Å². The van der Waals surface area contributed by atoms with Crippen molar-refractivity contribution in [3.63, 3.8) is 0 Å². The van der Waals surface area contributed by atoms with E-state index in [0.717, 1.165) is 12.8 Å². The maximum atomic E-state index is 9.46. The van der Waals surface area contributed by atoms with Crippen LogP contribution in [0.1, 0.15) is 92.3 Å². The quantitative estimate of drug-likeness (QED) is 0.127. The molecule has 0 fully saturated rings. The summed E-state index contributed by atoms with van der Waals surface area (Å²) in [4.78, 5) is 0. The van der Waals surface area contributed by atoms with Crippen LogP contribution in [0.25, 0.3) is 45.5 Å². The Balaban J connectivity index is 1.42. The topological polar surface area (TPSA) is 0 Å². The van der Waals surface area contributed by atoms with Gasteiger partial charge in [-0.1, -0.05) is 0 Å². The van der Waals surface area contributed by atoms with Crippen LogP contribution in [0, 0.1) is 39.5 Å². The minimum absolute atomic E-state index is 0.103. The Morgan fingerprint density at radius 3 is 1.45 bits per heavy atom. The zero-order valence-corrected chi connectivity index (χ0v) is 40.7. The summed E-state index contributed by atoms with van der Waals surface area (Å²) in [6.07, 6.45) is 7.17. The molecule has 2 aliphatic carbocycles. The van der Waals surface area contributed by atoms with Crippen LogP contribution < -0.4 is 13.6 Å². The van der Waals surface area contributed by atoms with Crippen LogP contribution in [0.3, 0.4) is 0 Å². The SMILES string of the molecule is CCC(C)C1=Cc2c(ccc(C)c2-c2ccccc2C)[CH]1[Zr]([Cl])([Cl])([c]1cccc2c1[SiH2]c1ccccc1-2)[CH]1C(C(C)CC)=Cc2c1ccc(C)c2-c1ccccc1C. The van der Waals surface area contributed by atoms with Gasteiger partial charge in [-0.25, -0.2) is 0 Å². The zero-order chi connectivity index (χ0) is 40.7. The van der Waals surface area contributed by atoms with Gasteiger partial charge in [0.15, 0.2) is 0 Å². The van der Waals surface area contributed by atoms with Gasteiger partial charge < -0.3 is 0 Å². The summed E-state index contributed by atoms with van der Waals surface area (Å²) in [7, 11) is 18.0. The Morgan fingerprint density at radius 2 is 0.966 bits per heavy atom. The number of aryl methyl sites for hydroxylation is 4. The molecular formula is C54H55Cl2SiZr. The molecular weight excluding hydrogens is 839 g/mol. The molecule has 4 heteroatoms. The molecule has 293 valence electrons. The van der Waals surface area contributed by atoms with Gasteiger partial charge >= 0.3 is 360 Å². The number of benzene rings is 6. The van der Waals surface area contributed by atoms with Crippen molar-refractivity contribution in [2.75, 3.05) is 0 Å². The summed E-state index contributed by atoms with van der Waals surface area (Å²) in [6.45, 7) is 18.6. The van der Waals surface area contributed by atoms with E-state index in [1.807, 2.05) is 0 Å². The third kappa shape index (κ3) is 5.90. The van der Waals surface area contributed by atoms with Crippen molar-refractivity contribution in [2.24, 2.45) is 11.8 Å². The Bertz CT molecular complexity index is 2580. The first-order valence-corrected chi connectivity index (χ1v) is 33.3. The monoisotopic (exact) mass is 891 g/mol. The normalized spacial score (nSPS) is 18.8. The average molecular weight is 894 g/mol. The van der Waals surface area contributed by atoms with Crippen LogP contribution in [0.15, 0.2) is 126 Å². The second-order valence-electron chi connectivity index (χ2n) is 17.7. The van der Waals surface area contributed by atoms with Gasteiger partial charge in [0.1, 0.15) is 0 Å². The van der Waals surface area contributed by atoms with Gasteiger partial charge in [0, 0.05) is 0 Å². The number of allylic oxidation sites excluding steroid dienone is 2. The van der Waals surface area contributed by atoms with E-state index in [4.69, 9.17) is 0 Å². The van der Waals surface area contributed by atoms with Gasteiger partial charge in [-0.2, -0.15) is 0 Å². The summed E-state index contributed by atoms with van der Waals surface area (Å²) in [6, 6.07) is 43.5.